The van der Waals surface area contributed by atoms with Crippen LogP contribution in [0.2, 0.25) is 0 Å². The highest BCUT2D eigenvalue weighted by Gasteiger charge is 2.30. The Bertz CT molecular complexity index is 634. The van der Waals surface area contributed by atoms with Crippen molar-refractivity contribution in [1.82, 2.24) is 14.0 Å². The van der Waals surface area contributed by atoms with Gasteiger partial charge in [-0.15, -0.1) is 0 Å². The molecule has 0 saturated carbocycles. The molecule has 1 aromatic rings. The molecule has 0 radical (unpaired) electrons. The molecule has 116 valence electrons. The molecule has 0 bridgehead atoms. The molecule has 7 nitrogen and oxygen atoms in total. The molecular formula is C14H22N4O3. The van der Waals surface area contributed by atoms with Gasteiger partial charge in [-0.05, 0) is 18.8 Å². The SMILES string of the molecule is CC1CCCN(C(=O)Cn2ccc(=O)n(C)c2=O)C1CN. The lowest BCUT2D eigenvalue weighted by molar-refractivity contribution is -0.136. The van der Waals surface area contributed by atoms with Crippen LogP contribution in [0.4, 0.5) is 0 Å². The fraction of sp³-hybridized carbons (Fsp3) is 0.643. The van der Waals surface area contributed by atoms with Gasteiger partial charge in [0.2, 0.25) is 5.91 Å². The van der Waals surface area contributed by atoms with Crippen LogP contribution in [0.15, 0.2) is 21.9 Å². The van der Waals surface area contributed by atoms with E-state index in [2.05, 4.69) is 6.92 Å². The highest BCUT2D eigenvalue weighted by Crippen LogP contribution is 2.22. The molecule has 2 unspecified atom stereocenters. The Morgan fingerprint density at radius 2 is 2.14 bits per heavy atom. The lowest BCUT2D eigenvalue weighted by Gasteiger charge is -2.39. The zero-order valence-electron chi connectivity index (χ0n) is 12.5. The molecular weight excluding hydrogens is 272 g/mol. The van der Waals surface area contributed by atoms with Gasteiger partial charge in [0.05, 0.1) is 0 Å². The third-order valence-electron chi connectivity index (χ3n) is 4.24. The van der Waals surface area contributed by atoms with Crippen molar-refractivity contribution in [3.05, 3.63) is 33.1 Å². The van der Waals surface area contributed by atoms with E-state index in [1.54, 1.807) is 4.90 Å². The first-order valence-electron chi connectivity index (χ1n) is 7.21. The van der Waals surface area contributed by atoms with E-state index < -0.39 is 5.69 Å². The molecule has 1 fully saturated rings. The maximum atomic E-state index is 12.5. The predicted molar refractivity (Wildman–Crippen MR) is 78.9 cm³/mol. The van der Waals surface area contributed by atoms with Gasteiger partial charge in [0.15, 0.2) is 0 Å². The van der Waals surface area contributed by atoms with Gasteiger partial charge in [0.1, 0.15) is 6.54 Å². The van der Waals surface area contributed by atoms with Gasteiger partial charge < -0.3 is 10.6 Å². The summed E-state index contributed by atoms with van der Waals surface area (Å²) < 4.78 is 2.25. The maximum Gasteiger partial charge on any atom is 0.331 e. The fourth-order valence-corrected chi connectivity index (χ4v) is 2.89. The van der Waals surface area contributed by atoms with Crippen molar-refractivity contribution in [3.63, 3.8) is 0 Å². The molecule has 0 aromatic carbocycles. The van der Waals surface area contributed by atoms with Gasteiger partial charge in [0, 0.05) is 38.4 Å². The first-order chi connectivity index (χ1) is 9.95. The van der Waals surface area contributed by atoms with Gasteiger partial charge >= 0.3 is 5.69 Å². The Labute approximate surface area is 123 Å². The topological polar surface area (TPSA) is 90.3 Å². The zero-order valence-corrected chi connectivity index (χ0v) is 12.5. The Balaban J connectivity index is 2.20. The molecule has 2 atom stereocenters. The number of carbonyl (C=O) groups excluding carboxylic acids is 1. The second kappa shape index (κ2) is 6.26. The fourth-order valence-electron chi connectivity index (χ4n) is 2.89. The molecule has 21 heavy (non-hydrogen) atoms. The summed E-state index contributed by atoms with van der Waals surface area (Å²) in [5.41, 5.74) is 4.92. The number of rotatable bonds is 3. The quantitative estimate of drug-likeness (QED) is 0.785. The normalized spacial score (nSPS) is 22.3. The number of likely N-dealkylation sites (tertiary alicyclic amines) is 1. The number of piperidine rings is 1. The molecule has 1 aliphatic rings. The van der Waals surface area contributed by atoms with Crippen LogP contribution in [0.25, 0.3) is 0 Å². The number of carbonyl (C=O) groups is 1. The van der Waals surface area contributed by atoms with E-state index in [0.717, 1.165) is 17.4 Å². The third-order valence-corrected chi connectivity index (χ3v) is 4.24. The summed E-state index contributed by atoms with van der Waals surface area (Å²) in [7, 11) is 1.40. The number of hydrogen-bond donors (Lipinski definition) is 1. The van der Waals surface area contributed by atoms with Gasteiger partial charge in [-0.2, -0.15) is 0 Å². The van der Waals surface area contributed by atoms with Crippen molar-refractivity contribution in [3.8, 4) is 0 Å². The van der Waals surface area contributed by atoms with E-state index >= 15 is 0 Å². The summed E-state index contributed by atoms with van der Waals surface area (Å²) >= 11 is 0. The van der Waals surface area contributed by atoms with Crippen molar-refractivity contribution in [2.75, 3.05) is 13.1 Å². The number of amides is 1. The van der Waals surface area contributed by atoms with E-state index in [0.29, 0.717) is 19.0 Å². The van der Waals surface area contributed by atoms with E-state index in [1.807, 2.05) is 0 Å². The van der Waals surface area contributed by atoms with Gasteiger partial charge in [-0.25, -0.2) is 4.79 Å². The van der Waals surface area contributed by atoms with Crippen LogP contribution < -0.4 is 17.0 Å². The summed E-state index contributed by atoms with van der Waals surface area (Å²) in [6, 6.07) is 1.31. The monoisotopic (exact) mass is 294 g/mol. The van der Waals surface area contributed by atoms with Crippen LogP contribution in [-0.2, 0) is 18.4 Å². The lowest BCUT2D eigenvalue weighted by atomic mass is 9.91. The average molecular weight is 294 g/mol. The number of aromatic nitrogens is 2. The van der Waals surface area contributed by atoms with Crippen molar-refractivity contribution in [2.45, 2.75) is 32.4 Å². The van der Waals surface area contributed by atoms with Crippen LogP contribution in [0, 0.1) is 5.92 Å². The van der Waals surface area contributed by atoms with E-state index in [4.69, 9.17) is 5.73 Å². The smallest absolute Gasteiger partial charge is 0.331 e. The van der Waals surface area contributed by atoms with Gasteiger partial charge in [0.25, 0.3) is 5.56 Å². The van der Waals surface area contributed by atoms with Crippen LogP contribution in [0.3, 0.4) is 0 Å². The number of nitrogens with two attached hydrogens (primary N) is 1. The molecule has 1 amide bonds. The van der Waals surface area contributed by atoms with Crippen molar-refractivity contribution in [1.29, 1.82) is 0 Å². The second-order valence-electron chi connectivity index (χ2n) is 5.63. The highest BCUT2D eigenvalue weighted by molar-refractivity contribution is 5.76. The minimum absolute atomic E-state index is 0.0227. The molecule has 2 heterocycles. The molecule has 1 saturated heterocycles. The number of nitrogens with zero attached hydrogens (tertiary/aromatic N) is 3. The van der Waals surface area contributed by atoms with E-state index in [-0.39, 0.29) is 24.1 Å². The van der Waals surface area contributed by atoms with Gasteiger partial charge in [-0.3, -0.25) is 18.7 Å². The van der Waals surface area contributed by atoms with Crippen LogP contribution in [-0.4, -0.2) is 39.1 Å². The number of hydrogen-bond acceptors (Lipinski definition) is 4. The minimum atomic E-state index is -0.481. The predicted octanol–water partition coefficient (Wildman–Crippen LogP) is -0.867. The summed E-state index contributed by atoms with van der Waals surface area (Å²) in [6.45, 7) is 3.13. The Morgan fingerprint density at radius 1 is 1.43 bits per heavy atom. The summed E-state index contributed by atoms with van der Waals surface area (Å²) in [4.78, 5) is 37.5. The Hall–Kier alpha value is -1.89. The van der Waals surface area contributed by atoms with Crippen molar-refractivity contribution < 1.29 is 4.79 Å². The van der Waals surface area contributed by atoms with Crippen molar-refractivity contribution in [2.24, 2.45) is 18.7 Å². The molecule has 1 aromatic heterocycles. The van der Waals surface area contributed by atoms with E-state index in [1.165, 1.54) is 23.9 Å². The minimum Gasteiger partial charge on any atom is -0.337 e. The molecule has 0 aliphatic carbocycles. The van der Waals surface area contributed by atoms with Gasteiger partial charge in [-0.1, -0.05) is 6.92 Å². The third kappa shape index (κ3) is 3.07. The molecule has 0 spiro atoms. The highest BCUT2D eigenvalue weighted by atomic mass is 16.2. The Kier molecular flexibility index (Phi) is 4.62. The zero-order chi connectivity index (χ0) is 15.6. The van der Waals surface area contributed by atoms with Crippen LogP contribution in [0.1, 0.15) is 19.8 Å². The average Bonchev–Trinajstić information content (AvgIpc) is 2.47. The molecule has 7 heteroatoms. The van der Waals surface area contributed by atoms with Crippen LogP contribution >= 0.6 is 0 Å². The largest absolute Gasteiger partial charge is 0.337 e. The van der Waals surface area contributed by atoms with Crippen molar-refractivity contribution >= 4 is 5.91 Å². The second-order valence-corrected chi connectivity index (χ2v) is 5.63. The Morgan fingerprint density at radius 3 is 2.81 bits per heavy atom. The summed E-state index contributed by atoms with van der Waals surface area (Å²) in [5.74, 6) is 0.238. The molecule has 1 aliphatic heterocycles. The first kappa shape index (κ1) is 15.5. The summed E-state index contributed by atoms with van der Waals surface area (Å²) in [6.07, 6.45) is 3.38. The maximum absolute atomic E-state index is 12.5. The van der Waals surface area contributed by atoms with Crippen LogP contribution in [0.5, 0.6) is 0 Å². The first-order valence-corrected chi connectivity index (χ1v) is 7.21. The van der Waals surface area contributed by atoms with E-state index in [9.17, 15) is 14.4 Å². The molecule has 2 N–H and O–H groups in total. The lowest BCUT2D eigenvalue weighted by Crippen LogP contribution is -2.53. The molecule has 2 rings (SSSR count). The summed E-state index contributed by atoms with van der Waals surface area (Å²) in [5, 5.41) is 0. The standard InChI is InChI=1S/C14H22N4O3/c1-10-4-3-6-18(11(10)8-15)13(20)9-17-7-5-12(19)16(2)14(17)21/h5,7,10-11H,3-4,6,8-9,15H2,1-2H3.